The highest BCUT2D eigenvalue weighted by Gasteiger charge is 2.29. The third-order valence-corrected chi connectivity index (χ3v) is 2.50. The molecule has 1 heterocycles. The lowest BCUT2D eigenvalue weighted by Gasteiger charge is -2.05. The number of halogens is 4. The van der Waals surface area contributed by atoms with E-state index in [-0.39, 0.29) is 24.0 Å². The van der Waals surface area contributed by atoms with Crippen molar-refractivity contribution >= 4 is 0 Å². The molecule has 0 spiro atoms. The highest BCUT2D eigenvalue weighted by molar-refractivity contribution is 5.42. The number of hydrogen-bond donors (Lipinski definition) is 0. The van der Waals surface area contributed by atoms with Crippen molar-refractivity contribution in [1.29, 1.82) is 0 Å². The summed E-state index contributed by atoms with van der Waals surface area (Å²) in [6.45, 7) is 0. The van der Waals surface area contributed by atoms with Crippen LogP contribution in [0.25, 0.3) is 0 Å². The number of alkyl halides is 3. The van der Waals surface area contributed by atoms with Gasteiger partial charge in [0.25, 0.3) is 0 Å². The van der Waals surface area contributed by atoms with E-state index in [1.165, 1.54) is 12.1 Å². The topological polar surface area (TPSA) is 3.88 Å². The maximum Gasteiger partial charge on any atom is 0.416 e. The average molecular weight is 389 g/mol. The molecule has 0 radical (unpaired) electrons. The molecule has 20 heavy (non-hydrogen) atoms. The van der Waals surface area contributed by atoms with Crippen LogP contribution >= 0.6 is 0 Å². The summed E-state index contributed by atoms with van der Waals surface area (Å²) >= 11 is 0. The number of pyridine rings is 1. The lowest BCUT2D eigenvalue weighted by molar-refractivity contribution is -0.671. The maximum atomic E-state index is 12.4. The summed E-state index contributed by atoms with van der Waals surface area (Å²) in [5.41, 5.74) is 0.702. The van der Waals surface area contributed by atoms with Crippen LogP contribution in [0, 0.1) is 11.8 Å². The van der Waals surface area contributed by atoms with Crippen LogP contribution in [0.2, 0.25) is 0 Å². The van der Waals surface area contributed by atoms with Crippen molar-refractivity contribution < 1.29 is 41.7 Å². The van der Waals surface area contributed by atoms with E-state index in [0.717, 1.165) is 17.7 Å². The predicted molar refractivity (Wildman–Crippen MR) is 65.0 cm³/mol. The Labute approximate surface area is 132 Å². The van der Waals surface area contributed by atoms with E-state index in [2.05, 4.69) is 11.8 Å². The van der Waals surface area contributed by atoms with Crippen molar-refractivity contribution in [2.24, 2.45) is 7.05 Å². The third kappa shape index (κ3) is 4.53. The van der Waals surface area contributed by atoms with Crippen molar-refractivity contribution in [2.75, 3.05) is 0 Å². The lowest BCUT2D eigenvalue weighted by atomic mass is 10.1. The van der Waals surface area contributed by atoms with Gasteiger partial charge in [-0.15, -0.1) is 0 Å². The number of aryl methyl sites for hydroxylation is 1. The first-order valence-corrected chi connectivity index (χ1v) is 5.60. The Kier molecular flexibility index (Phi) is 5.57. The molecule has 5 heteroatoms. The summed E-state index contributed by atoms with van der Waals surface area (Å²) < 4.78 is 39.0. The van der Waals surface area contributed by atoms with Gasteiger partial charge in [0.05, 0.1) is 11.1 Å². The van der Waals surface area contributed by atoms with Gasteiger partial charge in [-0.1, -0.05) is 11.8 Å². The van der Waals surface area contributed by atoms with Gasteiger partial charge in [0.15, 0.2) is 12.4 Å². The predicted octanol–water partition coefficient (Wildman–Crippen LogP) is -0.0663. The monoisotopic (exact) mass is 389 g/mol. The first-order valence-electron chi connectivity index (χ1n) is 5.60. The first-order chi connectivity index (χ1) is 8.95. The minimum Gasteiger partial charge on any atom is -1.00 e. The van der Waals surface area contributed by atoms with Crippen molar-refractivity contribution in [3.8, 4) is 11.8 Å². The number of nitrogens with zero attached hydrogens (tertiary/aromatic N) is 1. The van der Waals surface area contributed by atoms with Crippen LogP contribution in [-0.2, 0) is 13.2 Å². The standard InChI is InChI=1S/C15H11F3N.HI/c1-19-10-2-3-13(11-19)5-4-12-6-8-14(9-7-12)15(16,17)18;/h2-3,6-11H,1H3;1H/q+1;/p-1. The highest BCUT2D eigenvalue weighted by Crippen LogP contribution is 2.28. The third-order valence-electron chi connectivity index (χ3n) is 2.50. The molecular formula is C15H11F3IN. The van der Waals surface area contributed by atoms with Crippen LogP contribution in [-0.4, -0.2) is 0 Å². The first kappa shape index (κ1) is 16.5. The molecular weight excluding hydrogens is 378 g/mol. The Morgan fingerprint density at radius 1 is 0.950 bits per heavy atom. The molecule has 104 valence electrons. The van der Waals surface area contributed by atoms with Gasteiger partial charge in [-0.2, -0.15) is 13.2 Å². The van der Waals surface area contributed by atoms with Crippen molar-refractivity contribution in [2.45, 2.75) is 6.18 Å². The fraction of sp³-hybridized carbons (Fsp3) is 0.133. The van der Waals surface area contributed by atoms with Crippen LogP contribution in [0.15, 0.2) is 48.8 Å². The quantitative estimate of drug-likeness (QED) is 0.338. The largest absolute Gasteiger partial charge is 1.00 e. The average Bonchev–Trinajstić information content (AvgIpc) is 2.36. The van der Waals surface area contributed by atoms with E-state index < -0.39 is 11.7 Å². The van der Waals surface area contributed by atoms with Gasteiger partial charge >= 0.3 is 6.18 Å². The van der Waals surface area contributed by atoms with E-state index in [1.807, 2.05) is 36.1 Å². The molecule has 0 aliphatic carbocycles. The molecule has 2 aromatic rings. The molecule has 0 N–H and O–H groups in total. The van der Waals surface area contributed by atoms with Gasteiger partial charge in [-0.25, -0.2) is 4.57 Å². The molecule has 2 rings (SSSR count). The van der Waals surface area contributed by atoms with Gasteiger partial charge in [0, 0.05) is 11.6 Å². The van der Waals surface area contributed by atoms with E-state index in [4.69, 9.17) is 0 Å². The summed E-state index contributed by atoms with van der Waals surface area (Å²) in [6, 6.07) is 8.52. The highest BCUT2D eigenvalue weighted by atomic mass is 127. The molecule has 0 aliphatic heterocycles. The number of aromatic nitrogens is 1. The molecule has 0 amide bonds. The number of benzene rings is 1. The molecule has 1 aromatic heterocycles. The molecule has 1 nitrogen and oxygen atoms in total. The molecule has 0 saturated carbocycles. The Morgan fingerprint density at radius 2 is 1.55 bits per heavy atom. The molecule has 0 atom stereocenters. The second-order valence-corrected chi connectivity index (χ2v) is 4.08. The zero-order valence-corrected chi connectivity index (χ0v) is 12.7. The summed E-state index contributed by atoms with van der Waals surface area (Å²) in [5, 5.41) is 0. The Bertz CT molecular complexity index is 637. The van der Waals surface area contributed by atoms with E-state index in [1.54, 1.807) is 0 Å². The molecule has 0 fully saturated rings. The van der Waals surface area contributed by atoms with Gasteiger partial charge < -0.3 is 24.0 Å². The van der Waals surface area contributed by atoms with Gasteiger partial charge in [-0.3, -0.25) is 0 Å². The molecule has 0 bridgehead atoms. The van der Waals surface area contributed by atoms with Crippen LogP contribution in [0.3, 0.4) is 0 Å². The van der Waals surface area contributed by atoms with Crippen LogP contribution < -0.4 is 28.5 Å². The maximum absolute atomic E-state index is 12.4. The normalized spacial score (nSPS) is 10.2. The molecule has 0 aliphatic rings. The van der Waals surface area contributed by atoms with Gasteiger partial charge in [0.2, 0.25) is 0 Å². The van der Waals surface area contributed by atoms with Gasteiger partial charge in [0.1, 0.15) is 7.05 Å². The van der Waals surface area contributed by atoms with Crippen molar-refractivity contribution in [1.82, 2.24) is 0 Å². The summed E-state index contributed by atoms with van der Waals surface area (Å²) in [7, 11) is 1.88. The fourth-order valence-electron chi connectivity index (χ4n) is 1.55. The Balaban J connectivity index is 0.00000200. The smallest absolute Gasteiger partial charge is 0.416 e. The summed E-state index contributed by atoms with van der Waals surface area (Å²) in [5.74, 6) is 5.74. The summed E-state index contributed by atoms with van der Waals surface area (Å²) in [6.07, 6.45) is -0.584. The minimum absolute atomic E-state index is 0. The second-order valence-electron chi connectivity index (χ2n) is 4.08. The van der Waals surface area contributed by atoms with Crippen LogP contribution in [0.4, 0.5) is 13.2 Å². The number of rotatable bonds is 0. The van der Waals surface area contributed by atoms with E-state index >= 15 is 0 Å². The van der Waals surface area contributed by atoms with E-state index in [0.29, 0.717) is 5.56 Å². The van der Waals surface area contributed by atoms with Crippen LogP contribution in [0.5, 0.6) is 0 Å². The summed E-state index contributed by atoms with van der Waals surface area (Å²) in [4.78, 5) is 0. The molecule has 0 saturated heterocycles. The zero-order chi connectivity index (χ0) is 13.9. The SMILES string of the molecule is C[n+]1cccc(C#Cc2ccc(C(F)(F)F)cc2)c1.[I-]. The Hall–Kier alpha value is -1.55. The van der Waals surface area contributed by atoms with Crippen LogP contribution in [0.1, 0.15) is 16.7 Å². The molecule has 1 aromatic carbocycles. The molecule has 0 unspecified atom stereocenters. The van der Waals surface area contributed by atoms with E-state index in [9.17, 15) is 13.2 Å². The zero-order valence-electron chi connectivity index (χ0n) is 10.6. The minimum atomic E-state index is -4.31. The van der Waals surface area contributed by atoms with Crippen molar-refractivity contribution in [3.05, 3.63) is 65.5 Å². The van der Waals surface area contributed by atoms with Gasteiger partial charge in [-0.05, 0) is 30.3 Å². The Morgan fingerprint density at radius 3 is 2.10 bits per heavy atom. The number of hydrogen-bond acceptors (Lipinski definition) is 0. The fourth-order valence-corrected chi connectivity index (χ4v) is 1.55. The second kappa shape index (κ2) is 6.75. The lowest BCUT2D eigenvalue weighted by Crippen LogP contribution is -3.00. The van der Waals surface area contributed by atoms with Crippen molar-refractivity contribution in [3.63, 3.8) is 0 Å².